The number of halogens is 1. The highest BCUT2D eigenvalue weighted by molar-refractivity contribution is 5.78. The van der Waals surface area contributed by atoms with Crippen LogP contribution in [0.1, 0.15) is 37.7 Å². The first-order valence-corrected chi connectivity index (χ1v) is 7.33. The number of nitrogens with zero attached hydrogens (tertiary/aromatic N) is 2. The molecule has 0 atom stereocenters. The quantitative estimate of drug-likeness (QED) is 0.684. The van der Waals surface area contributed by atoms with Gasteiger partial charge in [0.25, 0.3) is 0 Å². The molecule has 19 heavy (non-hydrogen) atoms. The molecule has 2 nitrogen and oxygen atoms in total. The Labute approximate surface area is 122 Å². The van der Waals surface area contributed by atoms with E-state index in [1.165, 1.54) is 57.3 Å². The lowest BCUT2D eigenvalue weighted by atomic mass is 10.1. The molecule has 0 saturated heterocycles. The molecule has 0 saturated carbocycles. The Morgan fingerprint density at radius 1 is 0.947 bits per heavy atom. The minimum absolute atomic E-state index is 0. The summed E-state index contributed by atoms with van der Waals surface area (Å²) in [5.41, 5.74) is 1.44. The molecule has 2 aliphatic rings. The first-order valence-electron chi connectivity index (χ1n) is 7.33. The van der Waals surface area contributed by atoms with Crippen LogP contribution in [0.2, 0.25) is 0 Å². The Hall–Kier alpha value is -1.02. The Morgan fingerprint density at radius 3 is 2.58 bits per heavy atom. The van der Waals surface area contributed by atoms with Gasteiger partial charge >= 0.3 is 0 Å². The summed E-state index contributed by atoms with van der Waals surface area (Å²) in [5.74, 6) is 1.61. The molecule has 0 spiro atoms. The Balaban J connectivity index is 0.00000133. The largest absolute Gasteiger partial charge is 1.00 e. The van der Waals surface area contributed by atoms with Crippen LogP contribution in [0.5, 0.6) is 0 Å². The molecule has 0 bridgehead atoms. The first kappa shape index (κ1) is 14.4. The van der Waals surface area contributed by atoms with Crippen molar-refractivity contribution in [2.75, 3.05) is 19.6 Å². The highest BCUT2D eigenvalue weighted by Gasteiger charge is 2.28. The van der Waals surface area contributed by atoms with Gasteiger partial charge in [-0.1, -0.05) is 30.3 Å². The van der Waals surface area contributed by atoms with Crippen LogP contribution in [0, 0.1) is 0 Å². The van der Waals surface area contributed by atoms with E-state index in [1.54, 1.807) is 5.84 Å². The third-order valence-electron chi connectivity index (χ3n) is 4.13. The molecule has 0 fully saturated rings. The average Bonchev–Trinajstić information content (AvgIpc) is 2.66. The van der Waals surface area contributed by atoms with Crippen LogP contribution in [0.25, 0.3) is 0 Å². The molecule has 3 rings (SSSR count). The van der Waals surface area contributed by atoms with Crippen LogP contribution in [0.3, 0.4) is 0 Å². The molecule has 2 aliphatic heterocycles. The molecular formula is C16H23ClN2. The summed E-state index contributed by atoms with van der Waals surface area (Å²) in [6.07, 6.45) is 6.75. The van der Waals surface area contributed by atoms with Crippen molar-refractivity contribution in [3.8, 4) is 0 Å². The lowest BCUT2D eigenvalue weighted by molar-refractivity contribution is -0.539. The van der Waals surface area contributed by atoms with Crippen molar-refractivity contribution in [3.05, 3.63) is 35.9 Å². The third-order valence-corrected chi connectivity index (χ3v) is 4.13. The highest BCUT2D eigenvalue weighted by Crippen LogP contribution is 2.17. The molecule has 0 radical (unpaired) electrons. The summed E-state index contributed by atoms with van der Waals surface area (Å²) in [6, 6.07) is 10.9. The van der Waals surface area contributed by atoms with Crippen LogP contribution in [-0.4, -0.2) is 34.9 Å². The Morgan fingerprint density at radius 2 is 1.74 bits per heavy atom. The second-order valence-electron chi connectivity index (χ2n) is 5.47. The second-order valence-corrected chi connectivity index (χ2v) is 5.47. The van der Waals surface area contributed by atoms with Crippen molar-refractivity contribution in [3.63, 3.8) is 0 Å². The SMILES string of the molecule is [Cl-].c1ccc(CN2CCC[N+]3=C2CCCCC3)cc1. The maximum atomic E-state index is 2.64. The smallest absolute Gasteiger partial charge is 0.247 e. The summed E-state index contributed by atoms with van der Waals surface area (Å²) in [6.45, 7) is 4.88. The minimum Gasteiger partial charge on any atom is -1.00 e. The van der Waals surface area contributed by atoms with Gasteiger partial charge in [0.05, 0.1) is 19.6 Å². The Kier molecular flexibility index (Phi) is 5.26. The molecule has 1 aromatic rings. The summed E-state index contributed by atoms with van der Waals surface area (Å²) in [4.78, 5) is 2.62. The number of hydrogen-bond acceptors (Lipinski definition) is 1. The van der Waals surface area contributed by atoms with E-state index in [1.807, 2.05) is 0 Å². The molecule has 0 unspecified atom stereocenters. The van der Waals surface area contributed by atoms with Gasteiger partial charge in [0.15, 0.2) is 0 Å². The van der Waals surface area contributed by atoms with Crippen molar-refractivity contribution in [1.29, 1.82) is 0 Å². The second kappa shape index (κ2) is 6.95. The van der Waals surface area contributed by atoms with Crippen molar-refractivity contribution >= 4 is 5.84 Å². The summed E-state index contributed by atoms with van der Waals surface area (Å²) in [7, 11) is 0. The zero-order chi connectivity index (χ0) is 12.2. The number of hydrogen-bond donors (Lipinski definition) is 0. The van der Waals surface area contributed by atoms with Crippen molar-refractivity contribution in [2.24, 2.45) is 0 Å². The van der Waals surface area contributed by atoms with Gasteiger partial charge < -0.3 is 12.4 Å². The van der Waals surface area contributed by atoms with E-state index < -0.39 is 0 Å². The van der Waals surface area contributed by atoms with E-state index in [-0.39, 0.29) is 12.4 Å². The fraction of sp³-hybridized carbons (Fsp3) is 0.562. The molecular weight excluding hydrogens is 256 g/mol. The standard InChI is InChI=1S/C16H23N2.ClH/c1-3-8-15(9-4-1)14-18-13-7-12-17-11-6-2-5-10-16(17)18;/h1,3-4,8-9H,2,5-7,10-14H2;1H/q+1;/p-1. The van der Waals surface area contributed by atoms with Gasteiger partial charge in [-0.05, 0) is 24.8 Å². The van der Waals surface area contributed by atoms with E-state index in [2.05, 4.69) is 39.8 Å². The fourth-order valence-electron chi connectivity index (χ4n) is 3.20. The zero-order valence-electron chi connectivity index (χ0n) is 11.5. The predicted molar refractivity (Wildman–Crippen MR) is 74.9 cm³/mol. The summed E-state index contributed by atoms with van der Waals surface area (Å²) < 4.78 is 2.64. The van der Waals surface area contributed by atoms with Crippen LogP contribution in [-0.2, 0) is 6.54 Å². The number of amidine groups is 1. The van der Waals surface area contributed by atoms with E-state index in [9.17, 15) is 0 Å². The Bertz CT molecular complexity index is 428. The highest BCUT2D eigenvalue weighted by atomic mass is 35.5. The molecule has 0 N–H and O–H groups in total. The molecule has 0 aliphatic carbocycles. The lowest BCUT2D eigenvalue weighted by Gasteiger charge is -2.26. The average molecular weight is 279 g/mol. The van der Waals surface area contributed by atoms with Crippen molar-refractivity contribution in [2.45, 2.75) is 38.6 Å². The minimum atomic E-state index is 0. The van der Waals surface area contributed by atoms with Gasteiger partial charge in [-0.15, -0.1) is 0 Å². The zero-order valence-corrected chi connectivity index (χ0v) is 12.3. The molecule has 2 heterocycles. The number of benzene rings is 1. The number of rotatable bonds is 2. The van der Waals surface area contributed by atoms with Gasteiger partial charge in [0.1, 0.15) is 6.54 Å². The fourth-order valence-corrected chi connectivity index (χ4v) is 3.20. The lowest BCUT2D eigenvalue weighted by Crippen LogP contribution is -3.00. The molecule has 104 valence electrons. The first-order chi connectivity index (χ1) is 8.93. The molecule has 1 aromatic carbocycles. The van der Waals surface area contributed by atoms with Crippen LogP contribution in [0.4, 0.5) is 0 Å². The summed E-state index contributed by atoms with van der Waals surface area (Å²) >= 11 is 0. The van der Waals surface area contributed by atoms with Crippen LogP contribution in [0.15, 0.2) is 30.3 Å². The van der Waals surface area contributed by atoms with Gasteiger partial charge in [-0.2, -0.15) is 0 Å². The molecule has 0 aromatic heterocycles. The maximum Gasteiger partial charge on any atom is 0.247 e. The van der Waals surface area contributed by atoms with Gasteiger partial charge in [-0.25, -0.2) is 0 Å². The van der Waals surface area contributed by atoms with Crippen LogP contribution < -0.4 is 12.4 Å². The van der Waals surface area contributed by atoms with Gasteiger partial charge in [0.2, 0.25) is 5.84 Å². The maximum absolute atomic E-state index is 2.64. The predicted octanol–water partition coefficient (Wildman–Crippen LogP) is -0.119. The molecule has 3 heteroatoms. The normalized spacial score (nSPS) is 19.5. The molecule has 0 amide bonds. The van der Waals surface area contributed by atoms with Crippen molar-refractivity contribution in [1.82, 2.24) is 4.90 Å². The van der Waals surface area contributed by atoms with Crippen molar-refractivity contribution < 1.29 is 17.0 Å². The summed E-state index contributed by atoms with van der Waals surface area (Å²) in [5, 5.41) is 0. The van der Waals surface area contributed by atoms with E-state index >= 15 is 0 Å². The van der Waals surface area contributed by atoms with Crippen LogP contribution >= 0.6 is 0 Å². The topological polar surface area (TPSA) is 6.25 Å². The van der Waals surface area contributed by atoms with Gasteiger partial charge in [0, 0.05) is 12.8 Å². The van der Waals surface area contributed by atoms with Gasteiger partial charge in [-0.3, -0.25) is 9.48 Å². The monoisotopic (exact) mass is 278 g/mol. The van der Waals surface area contributed by atoms with E-state index in [0.29, 0.717) is 0 Å². The van der Waals surface area contributed by atoms with E-state index in [0.717, 1.165) is 6.54 Å². The van der Waals surface area contributed by atoms with E-state index in [4.69, 9.17) is 0 Å². The third kappa shape index (κ3) is 3.50.